The van der Waals surface area contributed by atoms with E-state index < -0.39 is 17.4 Å². The minimum Gasteiger partial charge on any atom is -0.465 e. The zero-order valence-corrected chi connectivity index (χ0v) is 11.1. The summed E-state index contributed by atoms with van der Waals surface area (Å²) in [7, 11) is 0. The Labute approximate surface area is 112 Å². The molecule has 104 valence electrons. The number of hydrogen-bond acceptors (Lipinski definition) is 5. The van der Waals surface area contributed by atoms with Crippen LogP contribution in [0.1, 0.15) is 24.2 Å². The molecule has 19 heavy (non-hydrogen) atoms. The number of esters is 2. The van der Waals surface area contributed by atoms with Crippen molar-refractivity contribution >= 4 is 11.9 Å². The van der Waals surface area contributed by atoms with E-state index in [0.717, 1.165) is 0 Å². The average molecular weight is 266 g/mol. The van der Waals surface area contributed by atoms with Crippen molar-refractivity contribution in [2.75, 3.05) is 19.8 Å². The molecule has 0 aliphatic carbocycles. The summed E-state index contributed by atoms with van der Waals surface area (Å²) in [5.74, 6) is -0.905. The molecule has 0 saturated carbocycles. The number of aliphatic hydroxyl groups is 1. The van der Waals surface area contributed by atoms with E-state index in [1.807, 2.05) is 0 Å². The Hall–Kier alpha value is -1.88. The maximum absolute atomic E-state index is 11.7. The average Bonchev–Trinajstić information content (AvgIpc) is 2.43. The van der Waals surface area contributed by atoms with Gasteiger partial charge >= 0.3 is 11.9 Å². The molecule has 0 bridgehead atoms. The van der Waals surface area contributed by atoms with Crippen LogP contribution < -0.4 is 0 Å². The van der Waals surface area contributed by atoms with Crippen molar-refractivity contribution in [2.24, 2.45) is 5.41 Å². The molecule has 1 rings (SSSR count). The van der Waals surface area contributed by atoms with Gasteiger partial charge in [0.15, 0.2) is 0 Å². The Balaban J connectivity index is 2.53. The maximum Gasteiger partial charge on any atom is 0.338 e. The number of aliphatic hydroxyl groups excluding tert-OH is 1. The SMILES string of the molecule is CC(=O)OCC(C)(CO)COC(=O)c1ccccc1. The molecule has 5 nitrogen and oxygen atoms in total. The van der Waals surface area contributed by atoms with E-state index in [4.69, 9.17) is 9.47 Å². The number of ether oxygens (including phenoxy) is 2. The summed E-state index contributed by atoms with van der Waals surface area (Å²) in [6, 6.07) is 8.56. The molecular formula is C14H18O5. The Bertz CT molecular complexity index is 429. The predicted molar refractivity (Wildman–Crippen MR) is 68.6 cm³/mol. The van der Waals surface area contributed by atoms with E-state index >= 15 is 0 Å². The lowest BCUT2D eigenvalue weighted by Gasteiger charge is -2.25. The van der Waals surface area contributed by atoms with Gasteiger partial charge in [-0.3, -0.25) is 4.79 Å². The molecule has 0 aliphatic heterocycles. The summed E-state index contributed by atoms with van der Waals surface area (Å²) in [5.41, 5.74) is -0.355. The minimum absolute atomic E-state index is 0.000896. The zero-order chi connectivity index (χ0) is 14.3. The fraction of sp³-hybridized carbons (Fsp3) is 0.429. The van der Waals surface area contributed by atoms with Gasteiger partial charge < -0.3 is 14.6 Å². The molecule has 0 fully saturated rings. The molecule has 0 spiro atoms. The molecule has 0 aromatic heterocycles. The van der Waals surface area contributed by atoms with Gasteiger partial charge in [0, 0.05) is 6.92 Å². The highest BCUT2D eigenvalue weighted by Crippen LogP contribution is 2.17. The second-order valence-electron chi connectivity index (χ2n) is 4.69. The van der Waals surface area contributed by atoms with E-state index in [2.05, 4.69) is 0 Å². The fourth-order valence-corrected chi connectivity index (χ4v) is 1.31. The Morgan fingerprint density at radius 3 is 2.26 bits per heavy atom. The molecule has 1 unspecified atom stereocenters. The van der Waals surface area contributed by atoms with Gasteiger partial charge in [-0.1, -0.05) is 25.1 Å². The molecule has 0 radical (unpaired) electrons. The molecule has 1 aromatic rings. The summed E-state index contributed by atoms with van der Waals surface area (Å²) in [4.78, 5) is 22.5. The van der Waals surface area contributed by atoms with Crippen LogP contribution in [0.5, 0.6) is 0 Å². The number of rotatable bonds is 6. The van der Waals surface area contributed by atoms with Gasteiger partial charge in [-0.15, -0.1) is 0 Å². The van der Waals surface area contributed by atoms with Crippen LogP contribution in [-0.2, 0) is 14.3 Å². The van der Waals surface area contributed by atoms with Crippen molar-refractivity contribution in [3.8, 4) is 0 Å². The normalized spacial score (nSPS) is 13.4. The lowest BCUT2D eigenvalue weighted by Crippen LogP contribution is -2.34. The van der Waals surface area contributed by atoms with E-state index in [1.165, 1.54) is 6.92 Å². The molecule has 1 atom stereocenters. The third kappa shape index (κ3) is 5.09. The van der Waals surface area contributed by atoms with E-state index in [-0.39, 0.29) is 19.8 Å². The van der Waals surface area contributed by atoms with Crippen LogP contribution in [0.15, 0.2) is 30.3 Å². The third-order valence-electron chi connectivity index (χ3n) is 2.57. The highest BCUT2D eigenvalue weighted by Gasteiger charge is 2.27. The van der Waals surface area contributed by atoms with Crippen LogP contribution in [0.2, 0.25) is 0 Å². The summed E-state index contributed by atoms with van der Waals surface area (Å²) >= 11 is 0. The summed E-state index contributed by atoms with van der Waals surface area (Å²) in [6.45, 7) is 2.69. The number of carbonyl (C=O) groups excluding carboxylic acids is 2. The van der Waals surface area contributed by atoms with Crippen LogP contribution in [0, 0.1) is 5.41 Å². The quantitative estimate of drug-likeness (QED) is 0.788. The molecule has 1 N–H and O–H groups in total. The van der Waals surface area contributed by atoms with Crippen molar-refractivity contribution in [1.29, 1.82) is 0 Å². The lowest BCUT2D eigenvalue weighted by atomic mass is 9.94. The molecular weight excluding hydrogens is 248 g/mol. The van der Waals surface area contributed by atoms with Gasteiger partial charge in [0.25, 0.3) is 0 Å². The van der Waals surface area contributed by atoms with E-state index in [0.29, 0.717) is 5.56 Å². The van der Waals surface area contributed by atoms with Crippen molar-refractivity contribution in [1.82, 2.24) is 0 Å². The van der Waals surface area contributed by atoms with Crippen molar-refractivity contribution < 1.29 is 24.2 Å². The van der Waals surface area contributed by atoms with Gasteiger partial charge in [0.05, 0.1) is 17.6 Å². The van der Waals surface area contributed by atoms with Crippen molar-refractivity contribution in [3.05, 3.63) is 35.9 Å². The molecule has 1 aromatic carbocycles. The van der Waals surface area contributed by atoms with Crippen molar-refractivity contribution in [3.63, 3.8) is 0 Å². The zero-order valence-electron chi connectivity index (χ0n) is 11.1. The highest BCUT2D eigenvalue weighted by atomic mass is 16.5. The molecule has 0 aliphatic rings. The first-order valence-electron chi connectivity index (χ1n) is 5.93. The Morgan fingerprint density at radius 2 is 1.74 bits per heavy atom. The number of hydrogen-bond donors (Lipinski definition) is 1. The second kappa shape index (κ2) is 6.89. The first kappa shape index (κ1) is 15.2. The van der Waals surface area contributed by atoms with Crippen LogP contribution in [0.3, 0.4) is 0 Å². The van der Waals surface area contributed by atoms with Gasteiger partial charge in [-0.2, -0.15) is 0 Å². The molecule has 0 amide bonds. The molecule has 0 heterocycles. The smallest absolute Gasteiger partial charge is 0.338 e. The van der Waals surface area contributed by atoms with Crippen LogP contribution in [0.4, 0.5) is 0 Å². The fourth-order valence-electron chi connectivity index (χ4n) is 1.31. The first-order valence-corrected chi connectivity index (χ1v) is 5.93. The maximum atomic E-state index is 11.7. The highest BCUT2D eigenvalue weighted by molar-refractivity contribution is 5.89. The standard InChI is InChI=1S/C14H18O5/c1-11(16)18-9-14(2,8-15)10-19-13(17)12-6-4-3-5-7-12/h3-7,15H,8-10H2,1-2H3. The summed E-state index contributed by atoms with van der Waals surface area (Å²) < 4.78 is 9.97. The number of carbonyl (C=O) groups is 2. The van der Waals surface area contributed by atoms with Crippen LogP contribution in [-0.4, -0.2) is 36.9 Å². The summed E-state index contributed by atoms with van der Waals surface area (Å²) in [5, 5.41) is 9.30. The third-order valence-corrected chi connectivity index (χ3v) is 2.57. The first-order chi connectivity index (χ1) is 8.97. The van der Waals surface area contributed by atoms with Gasteiger partial charge in [-0.05, 0) is 12.1 Å². The monoisotopic (exact) mass is 266 g/mol. The van der Waals surface area contributed by atoms with Gasteiger partial charge in [0.2, 0.25) is 0 Å². The second-order valence-corrected chi connectivity index (χ2v) is 4.69. The Kier molecular flexibility index (Phi) is 5.51. The lowest BCUT2D eigenvalue weighted by molar-refractivity contribution is -0.146. The minimum atomic E-state index is -0.796. The molecule has 0 saturated heterocycles. The van der Waals surface area contributed by atoms with Crippen LogP contribution in [0.25, 0.3) is 0 Å². The number of benzene rings is 1. The Morgan fingerprint density at radius 1 is 1.16 bits per heavy atom. The van der Waals surface area contributed by atoms with E-state index in [9.17, 15) is 14.7 Å². The van der Waals surface area contributed by atoms with Gasteiger partial charge in [-0.25, -0.2) is 4.79 Å². The van der Waals surface area contributed by atoms with E-state index in [1.54, 1.807) is 37.3 Å². The molecule has 5 heteroatoms. The van der Waals surface area contributed by atoms with Gasteiger partial charge in [0.1, 0.15) is 13.2 Å². The summed E-state index contributed by atoms with van der Waals surface area (Å²) in [6.07, 6.45) is 0. The van der Waals surface area contributed by atoms with Crippen molar-refractivity contribution in [2.45, 2.75) is 13.8 Å². The largest absolute Gasteiger partial charge is 0.465 e. The van der Waals surface area contributed by atoms with Crippen LogP contribution >= 0.6 is 0 Å². The predicted octanol–water partition coefficient (Wildman–Crippen LogP) is 1.41. The topological polar surface area (TPSA) is 72.8 Å².